The van der Waals surface area contributed by atoms with E-state index < -0.39 is 24.2 Å². The molecule has 0 saturated carbocycles. The minimum atomic E-state index is -1.38. The lowest BCUT2D eigenvalue weighted by Gasteiger charge is -2.26. The third kappa shape index (κ3) is 4.01. The lowest BCUT2D eigenvalue weighted by atomic mass is 9.97. The monoisotopic (exact) mass is 207 g/mol. The Kier molecular flexibility index (Phi) is 6.39. The van der Waals surface area contributed by atoms with Crippen LogP contribution in [0.1, 0.15) is 6.92 Å². The summed E-state index contributed by atoms with van der Waals surface area (Å²) in [6.07, 6.45) is -3.46. The Hall–Kier alpha value is -0.690. The number of carbonyl (C=O) groups is 1. The number of amides is 1. The van der Waals surface area contributed by atoms with Gasteiger partial charge in [0.1, 0.15) is 6.10 Å². The van der Waals surface area contributed by atoms with Crippen LogP contribution in [0.5, 0.6) is 0 Å². The van der Waals surface area contributed by atoms with Crippen LogP contribution in [0.25, 0.3) is 0 Å². The van der Waals surface area contributed by atoms with Gasteiger partial charge in [0, 0.05) is 19.1 Å². The molecular weight excluding hydrogens is 190 g/mol. The van der Waals surface area contributed by atoms with Crippen LogP contribution in [0.2, 0.25) is 0 Å². The molecule has 0 aliphatic rings. The quantitative estimate of drug-likeness (QED) is 0.295. The van der Waals surface area contributed by atoms with Crippen molar-refractivity contribution in [2.75, 3.05) is 13.2 Å². The van der Waals surface area contributed by atoms with Crippen LogP contribution in [0, 0.1) is 5.92 Å². The first-order chi connectivity index (χ1) is 6.54. The molecule has 0 aromatic rings. The summed E-state index contributed by atoms with van der Waals surface area (Å²) in [7, 11) is 0. The predicted octanol–water partition coefficient (Wildman–Crippen LogP) is -2.56. The number of hydrogen-bond acceptors (Lipinski definition) is 5. The van der Waals surface area contributed by atoms with Crippen LogP contribution in [0.3, 0.4) is 0 Å². The van der Waals surface area contributed by atoms with Gasteiger partial charge in [-0.15, -0.1) is 0 Å². The fourth-order valence-electron chi connectivity index (χ4n) is 0.962. The molecule has 0 aromatic heterocycles. The number of aliphatic hydroxyl groups excluding tert-OH is 4. The maximum absolute atomic E-state index is 9.89. The second-order valence-corrected chi connectivity index (χ2v) is 3.23. The SMILES string of the molecule is CC(CO)C(O)C(O)C(O)CNC=O. The topological polar surface area (TPSA) is 110 Å². The maximum Gasteiger partial charge on any atom is 0.207 e. The molecule has 5 N–H and O–H groups in total. The van der Waals surface area contributed by atoms with E-state index in [0.717, 1.165) is 0 Å². The summed E-state index contributed by atoms with van der Waals surface area (Å²) >= 11 is 0. The molecule has 0 saturated heterocycles. The Balaban J connectivity index is 4.01. The third-order valence-electron chi connectivity index (χ3n) is 2.03. The number of aliphatic hydroxyl groups is 4. The summed E-state index contributed by atoms with van der Waals surface area (Å²) in [6, 6.07) is 0. The van der Waals surface area contributed by atoms with Gasteiger partial charge in [-0.1, -0.05) is 6.92 Å². The Morgan fingerprint density at radius 3 is 2.29 bits per heavy atom. The second-order valence-electron chi connectivity index (χ2n) is 3.23. The van der Waals surface area contributed by atoms with Crippen molar-refractivity contribution in [2.45, 2.75) is 25.2 Å². The Morgan fingerprint density at radius 1 is 1.29 bits per heavy atom. The lowest BCUT2D eigenvalue weighted by molar-refractivity contribution is -0.112. The van der Waals surface area contributed by atoms with E-state index in [-0.39, 0.29) is 13.2 Å². The molecule has 0 aliphatic carbocycles. The molecule has 84 valence electrons. The predicted molar refractivity (Wildman–Crippen MR) is 48.3 cm³/mol. The standard InChI is InChI=1S/C8H17NO5/c1-5(3-10)7(13)8(14)6(12)2-9-4-11/h4-8,10,12-14H,2-3H2,1H3,(H,9,11). The van der Waals surface area contributed by atoms with Gasteiger partial charge in [0.2, 0.25) is 6.41 Å². The van der Waals surface area contributed by atoms with Crippen molar-refractivity contribution < 1.29 is 25.2 Å². The summed E-state index contributed by atoms with van der Waals surface area (Å²) in [4.78, 5) is 9.89. The molecule has 1 amide bonds. The Morgan fingerprint density at radius 2 is 1.86 bits per heavy atom. The fourth-order valence-corrected chi connectivity index (χ4v) is 0.962. The van der Waals surface area contributed by atoms with Crippen LogP contribution in [-0.2, 0) is 4.79 Å². The normalized spacial score (nSPS) is 19.5. The molecule has 6 nitrogen and oxygen atoms in total. The summed E-state index contributed by atoms with van der Waals surface area (Å²) in [5.41, 5.74) is 0. The van der Waals surface area contributed by atoms with E-state index in [9.17, 15) is 20.1 Å². The molecule has 6 heteroatoms. The third-order valence-corrected chi connectivity index (χ3v) is 2.03. The van der Waals surface area contributed by atoms with Crippen molar-refractivity contribution in [3.8, 4) is 0 Å². The zero-order chi connectivity index (χ0) is 11.1. The molecular formula is C8H17NO5. The fraction of sp³-hybridized carbons (Fsp3) is 0.875. The first-order valence-electron chi connectivity index (χ1n) is 4.36. The Labute approximate surface area is 82.2 Å². The largest absolute Gasteiger partial charge is 0.396 e. The summed E-state index contributed by atoms with van der Waals surface area (Å²) in [6.45, 7) is 1.11. The molecule has 4 atom stereocenters. The van der Waals surface area contributed by atoms with Gasteiger partial charge in [0.15, 0.2) is 0 Å². The van der Waals surface area contributed by atoms with Gasteiger partial charge in [-0.05, 0) is 0 Å². The van der Waals surface area contributed by atoms with Crippen molar-refractivity contribution in [3.05, 3.63) is 0 Å². The van der Waals surface area contributed by atoms with Crippen LogP contribution < -0.4 is 5.32 Å². The molecule has 0 fully saturated rings. The molecule has 0 aromatic carbocycles. The van der Waals surface area contributed by atoms with Gasteiger partial charge in [0.05, 0.1) is 12.2 Å². The zero-order valence-electron chi connectivity index (χ0n) is 8.00. The number of rotatable bonds is 7. The minimum absolute atomic E-state index is 0.139. The first kappa shape index (κ1) is 13.3. The minimum Gasteiger partial charge on any atom is -0.396 e. The highest BCUT2D eigenvalue weighted by molar-refractivity contribution is 5.45. The zero-order valence-corrected chi connectivity index (χ0v) is 8.00. The van der Waals surface area contributed by atoms with Crippen molar-refractivity contribution >= 4 is 6.41 Å². The van der Waals surface area contributed by atoms with Gasteiger partial charge in [-0.25, -0.2) is 0 Å². The molecule has 4 unspecified atom stereocenters. The number of hydrogen-bond donors (Lipinski definition) is 5. The van der Waals surface area contributed by atoms with E-state index in [4.69, 9.17) is 5.11 Å². The summed E-state index contributed by atoms with van der Waals surface area (Å²) in [5, 5.41) is 38.8. The van der Waals surface area contributed by atoms with Crippen molar-refractivity contribution in [2.24, 2.45) is 5.92 Å². The van der Waals surface area contributed by atoms with Gasteiger partial charge in [-0.3, -0.25) is 4.79 Å². The molecule has 14 heavy (non-hydrogen) atoms. The highest BCUT2D eigenvalue weighted by Gasteiger charge is 2.28. The van der Waals surface area contributed by atoms with Crippen molar-refractivity contribution in [1.29, 1.82) is 0 Å². The number of carbonyl (C=O) groups excluding carboxylic acids is 1. The second kappa shape index (κ2) is 6.72. The molecule has 0 bridgehead atoms. The highest BCUT2D eigenvalue weighted by Crippen LogP contribution is 2.09. The molecule has 0 spiro atoms. The van der Waals surface area contributed by atoms with Crippen LogP contribution >= 0.6 is 0 Å². The molecule has 0 aliphatic heterocycles. The van der Waals surface area contributed by atoms with Crippen LogP contribution in [-0.4, -0.2) is 58.3 Å². The van der Waals surface area contributed by atoms with E-state index in [2.05, 4.69) is 5.32 Å². The van der Waals surface area contributed by atoms with E-state index in [1.807, 2.05) is 0 Å². The van der Waals surface area contributed by atoms with Gasteiger partial charge < -0.3 is 25.7 Å². The van der Waals surface area contributed by atoms with Crippen molar-refractivity contribution in [3.63, 3.8) is 0 Å². The van der Waals surface area contributed by atoms with E-state index in [1.165, 1.54) is 6.92 Å². The van der Waals surface area contributed by atoms with Crippen LogP contribution in [0.4, 0.5) is 0 Å². The average molecular weight is 207 g/mol. The average Bonchev–Trinajstić information content (AvgIpc) is 2.22. The first-order valence-corrected chi connectivity index (χ1v) is 4.36. The van der Waals surface area contributed by atoms with E-state index in [0.29, 0.717) is 6.41 Å². The van der Waals surface area contributed by atoms with E-state index >= 15 is 0 Å². The smallest absolute Gasteiger partial charge is 0.207 e. The Bertz CT molecular complexity index is 166. The number of nitrogens with one attached hydrogen (secondary N) is 1. The van der Waals surface area contributed by atoms with Crippen molar-refractivity contribution in [1.82, 2.24) is 5.32 Å². The maximum atomic E-state index is 9.89. The summed E-state index contributed by atoms with van der Waals surface area (Å²) in [5.74, 6) is -0.532. The highest BCUT2D eigenvalue weighted by atomic mass is 16.4. The van der Waals surface area contributed by atoms with Gasteiger partial charge >= 0.3 is 0 Å². The molecule has 0 rings (SSSR count). The van der Waals surface area contributed by atoms with E-state index in [1.54, 1.807) is 0 Å². The lowest BCUT2D eigenvalue weighted by Crippen LogP contribution is -2.46. The molecule has 0 radical (unpaired) electrons. The van der Waals surface area contributed by atoms with Gasteiger partial charge in [-0.2, -0.15) is 0 Å². The van der Waals surface area contributed by atoms with Crippen LogP contribution in [0.15, 0.2) is 0 Å². The van der Waals surface area contributed by atoms with Gasteiger partial charge in [0.25, 0.3) is 0 Å². The molecule has 0 heterocycles. The summed E-state index contributed by atoms with van der Waals surface area (Å²) < 4.78 is 0.